The summed E-state index contributed by atoms with van der Waals surface area (Å²) in [7, 11) is 0. The second-order valence-electron chi connectivity index (χ2n) is 14.9. The van der Waals surface area contributed by atoms with E-state index in [0.29, 0.717) is 5.84 Å². The monoisotopic (exact) mass is 740 g/mol. The molecule has 0 bridgehead atoms. The highest BCUT2D eigenvalue weighted by Gasteiger charge is 2.23. The van der Waals surface area contributed by atoms with E-state index in [9.17, 15) is 0 Å². The standard InChI is InChI=1S/C54H36N4/c1-3-12-38(13-4-1)52-56-53(39-14-5-2-6-15-39)58-54(57-52)43-32-41(36-24-22-35(23-25-36)40-27-26-37-28-29-55-34-44(37)30-40)31-42(33-43)45-20-11-21-50-48-17-8-7-16-46(48)47-18-9-10-19-49(47)51(45)50/h1-34,52H,(H,56,57,58). The molecule has 0 spiro atoms. The first-order valence-electron chi connectivity index (χ1n) is 19.7. The van der Waals surface area contributed by atoms with E-state index in [4.69, 9.17) is 9.98 Å². The van der Waals surface area contributed by atoms with Crippen LogP contribution in [0.3, 0.4) is 0 Å². The van der Waals surface area contributed by atoms with Gasteiger partial charge in [0.1, 0.15) is 12.0 Å². The summed E-state index contributed by atoms with van der Waals surface area (Å²) in [5, 5.41) is 13.5. The fourth-order valence-electron chi connectivity index (χ4n) is 8.52. The number of amidine groups is 2. The summed E-state index contributed by atoms with van der Waals surface area (Å²) in [6.07, 6.45) is 3.46. The average Bonchev–Trinajstić information content (AvgIpc) is 3.31. The Balaban J connectivity index is 1.12. The molecule has 1 aromatic heterocycles. The van der Waals surface area contributed by atoms with Gasteiger partial charge in [-0.3, -0.25) is 4.98 Å². The van der Waals surface area contributed by atoms with Gasteiger partial charge in [0.15, 0.2) is 5.84 Å². The number of aliphatic imine (C=N–C) groups is 2. The van der Waals surface area contributed by atoms with Crippen molar-refractivity contribution in [3.63, 3.8) is 0 Å². The molecule has 1 unspecified atom stereocenters. The van der Waals surface area contributed by atoms with Crippen molar-refractivity contribution in [1.82, 2.24) is 10.3 Å². The topological polar surface area (TPSA) is 49.6 Å². The van der Waals surface area contributed by atoms with Gasteiger partial charge in [0.2, 0.25) is 0 Å². The van der Waals surface area contributed by atoms with Gasteiger partial charge in [0.25, 0.3) is 0 Å². The summed E-state index contributed by atoms with van der Waals surface area (Å²) in [4.78, 5) is 14.7. The fraction of sp³-hybridized carbons (Fsp3) is 0.0185. The first-order valence-corrected chi connectivity index (χ1v) is 19.7. The van der Waals surface area contributed by atoms with Gasteiger partial charge in [-0.2, -0.15) is 0 Å². The fourth-order valence-corrected chi connectivity index (χ4v) is 8.52. The molecule has 4 heteroatoms. The third-order valence-electron chi connectivity index (χ3n) is 11.4. The van der Waals surface area contributed by atoms with E-state index in [1.165, 1.54) is 43.3 Å². The van der Waals surface area contributed by atoms with Crippen LogP contribution in [0.1, 0.15) is 22.9 Å². The highest BCUT2D eigenvalue weighted by molar-refractivity contribution is 6.28. The first-order chi connectivity index (χ1) is 28.7. The molecule has 0 amide bonds. The third kappa shape index (κ3) is 5.99. The van der Waals surface area contributed by atoms with Crippen molar-refractivity contribution in [2.45, 2.75) is 6.17 Å². The summed E-state index contributed by atoms with van der Waals surface area (Å²) < 4.78 is 0. The van der Waals surface area contributed by atoms with E-state index >= 15 is 0 Å². The van der Waals surface area contributed by atoms with Crippen molar-refractivity contribution in [3.8, 4) is 33.4 Å². The molecule has 1 N–H and O–H groups in total. The van der Waals surface area contributed by atoms with Crippen molar-refractivity contribution >= 4 is 54.8 Å². The second-order valence-corrected chi connectivity index (χ2v) is 14.9. The molecule has 11 rings (SSSR count). The van der Waals surface area contributed by atoms with Crippen LogP contribution in [0.4, 0.5) is 0 Å². The van der Waals surface area contributed by atoms with Gasteiger partial charge < -0.3 is 5.32 Å². The van der Waals surface area contributed by atoms with Crippen LogP contribution in [0.15, 0.2) is 217 Å². The van der Waals surface area contributed by atoms with Crippen molar-refractivity contribution in [2.75, 3.05) is 0 Å². The van der Waals surface area contributed by atoms with Gasteiger partial charge in [-0.1, -0.05) is 164 Å². The van der Waals surface area contributed by atoms with Crippen molar-refractivity contribution in [2.24, 2.45) is 9.98 Å². The number of aromatic nitrogens is 1. The van der Waals surface area contributed by atoms with Crippen molar-refractivity contribution < 1.29 is 0 Å². The molecule has 1 atom stereocenters. The quantitative estimate of drug-likeness (QED) is 0.173. The minimum atomic E-state index is -0.305. The van der Waals surface area contributed by atoms with E-state index in [-0.39, 0.29) is 6.17 Å². The smallest absolute Gasteiger partial charge is 0.159 e. The number of nitrogens with one attached hydrogen (secondary N) is 1. The maximum atomic E-state index is 5.25. The van der Waals surface area contributed by atoms with E-state index < -0.39 is 0 Å². The summed E-state index contributed by atoms with van der Waals surface area (Å²) in [5.41, 5.74) is 9.89. The van der Waals surface area contributed by atoms with E-state index in [0.717, 1.165) is 55.7 Å². The molecule has 0 aliphatic carbocycles. The SMILES string of the molecule is c1ccc(C2=NC(c3ccccc3)NC(c3cc(-c4ccc(-c5ccc6ccncc6c5)cc4)cc(-c4cccc5c6ccccc6c6ccccc6c45)c3)=N2)cc1. The average molecular weight is 741 g/mol. The lowest BCUT2D eigenvalue weighted by atomic mass is 9.88. The van der Waals surface area contributed by atoms with Crippen molar-refractivity contribution in [3.05, 3.63) is 223 Å². The molecule has 272 valence electrons. The number of fused-ring (bicyclic) bond motifs is 7. The van der Waals surface area contributed by atoms with Crippen LogP contribution < -0.4 is 5.32 Å². The van der Waals surface area contributed by atoms with E-state index in [1.54, 1.807) is 0 Å². The molecule has 58 heavy (non-hydrogen) atoms. The highest BCUT2D eigenvalue weighted by atomic mass is 15.2. The number of benzene rings is 9. The predicted octanol–water partition coefficient (Wildman–Crippen LogP) is 13.2. The molecule has 10 aromatic rings. The number of hydrogen-bond acceptors (Lipinski definition) is 4. The minimum absolute atomic E-state index is 0.305. The van der Waals surface area contributed by atoms with Gasteiger partial charge in [-0.15, -0.1) is 0 Å². The molecule has 4 nitrogen and oxygen atoms in total. The molecule has 0 saturated carbocycles. The van der Waals surface area contributed by atoms with Crippen LogP contribution in [0, 0.1) is 0 Å². The van der Waals surface area contributed by atoms with Gasteiger partial charge >= 0.3 is 0 Å². The van der Waals surface area contributed by atoms with Gasteiger partial charge in [-0.05, 0) is 107 Å². The Kier molecular flexibility index (Phi) is 8.18. The largest absolute Gasteiger partial charge is 0.344 e. The summed E-state index contributed by atoms with van der Waals surface area (Å²) in [6, 6.07) is 69.4. The molecular weight excluding hydrogens is 705 g/mol. The lowest BCUT2D eigenvalue weighted by Crippen LogP contribution is -2.33. The van der Waals surface area contributed by atoms with Crippen LogP contribution in [-0.4, -0.2) is 16.7 Å². The zero-order valence-electron chi connectivity index (χ0n) is 31.5. The summed E-state index contributed by atoms with van der Waals surface area (Å²) >= 11 is 0. The molecule has 2 heterocycles. The molecule has 1 aliphatic heterocycles. The first kappa shape index (κ1) is 33.6. The Hall–Kier alpha value is -7.69. The molecule has 0 fully saturated rings. The molecule has 9 aromatic carbocycles. The number of pyridine rings is 1. The van der Waals surface area contributed by atoms with Crippen LogP contribution >= 0.6 is 0 Å². The Bertz CT molecular complexity index is 3200. The summed E-state index contributed by atoms with van der Waals surface area (Å²) in [5.74, 6) is 1.48. The third-order valence-corrected chi connectivity index (χ3v) is 11.4. The number of rotatable bonds is 6. The Morgan fingerprint density at radius 1 is 0.397 bits per heavy atom. The van der Waals surface area contributed by atoms with Crippen molar-refractivity contribution in [1.29, 1.82) is 0 Å². The van der Waals surface area contributed by atoms with Crippen LogP contribution in [0.25, 0.3) is 76.5 Å². The number of nitrogens with zero attached hydrogens (tertiary/aromatic N) is 3. The molecule has 0 radical (unpaired) electrons. The van der Waals surface area contributed by atoms with Gasteiger partial charge in [0.05, 0.1) is 0 Å². The normalized spacial score (nSPS) is 14.0. The molecule has 1 aliphatic rings. The van der Waals surface area contributed by atoms with Gasteiger partial charge in [0, 0.05) is 28.9 Å². The zero-order chi connectivity index (χ0) is 38.4. The predicted molar refractivity (Wildman–Crippen MR) is 242 cm³/mol. The van der Waals surface area contributed by atoms with Crippen LogP contribution in [0.5, 0.6) is 0 Å². The lowest BCUT2D eigenvalue weighted by molar-refractivity contribution is 0.674. The highest BCUT2D eigenvalue weighted by Crippen LogP contribution is 2.41. The van der Waals surface area contributed by atoms with Crippen LogP contribution in [-0.2, 0) is 0 Å². The van der Waals surface area contributed by atoms with E-state index in [1.807, 2.05) is 36.7 Å². The van der Waals surface area contributed by atoms with Gasteiger partial charge in [-0.25, -0.2) is 9.98 Å². The van der Waals surface area contributed by atoms with E-state index in [2.05, 4.69) is 180 Å². The van der Waals surface area contributed by atoms with Crippen LogP contribution in [0.2, 0.25) is 0 Å². The Labute approximate surface area is 336 Å². The minimum Gasteiger partial charge on any atom is -0.344 e. The zero-order valence-corrected chi connectivity index (χ0v) is 31.5. The summed E-state index contributed by atoms with van der Waals surface area (Å²) in [6.45, 7) is 0. The maximum absolute atomic E-state index is 5.25. The Morgan fingerprint density at radius 3 is 1.72 bits per heavy atom. The maximum Gasteiger partial charge on any atom is 0.159 e. The second kappa shape index (κ2) is 14.1. The number of hydrogen-bond donors (Lipinski definition) is 1. The Morgan fingerprint density at radius 2 is 0.983 bits per heavy atom. The molecular formula is C54H36N4. The molecule has 0 saturated heterocycles. The lowest BCUT2D eigenvalue weighted by Gasteiger charge is -2.24.